The van der Waals surface area contributed by atoms with Gasteiger partial charge in [-0.2, -0.15) is 4.62 Å². The van der Waals surface area contributed by atoms with Crippen LogP contribution in [0.5, 0.6) is 0 Å². The zero-order chi connectivity index (χ0) is 16.7. The molecule has 0 aromatic heterocycles. The van der Waals surface area contributed by atoms with Gasteiger partial charge in [-0.05, 0) is 43.6 Å². The molecule has 0 aliphatic heterocycles. The lowest BCUT2D eigenvalue weighted by Gasteiger charge is -2.17. The largest absolute Gasteiger partial charge is 0.481 e. The first kappa shape index (κ1) is 21.8. The summed E-state index contributed by atoms with van der Waals surface area (Å²) in [7, 11) is 1.56. The van der Waals surface area contributed by atoms with Gasteiger partial charge in [-0.3, -0.25) is 4.52 Å². The van der Waals surface area contributed by atoms with Crippen LogP contribution in [0.25, 0.3) is 0 Å². The van der Waals surface area contributed by atoms with Crippen molar-refractivity contribution in [3.05, 3.63) is 12.0 Å². The Morgan fingerprint density at radius 3 is 2.45 bits per heavy atom. The Balaban J connectivity index is 4.19. The van der Waals surface area contributed by atoms with Crippen LogP contribution in [0.15, 0.2) is 12.0 Å². The second-order valence-electron chi connectivity index (χ2n) is 4.87. The van der Waals surface area contributed by atoms with Gasteiger partial charge >= 0.3 is 6.80 Å². The molecule has 7 heteroatoms. The first-order valence-corrected chi connectivity index (χ1v) is 11.3. The fourth-order valence-corrected chi connectivity index (χ4v) is 4.83. The number of hydroxylamine groups is 1. The van der Waals surface area contributed by atoms with Crippen LogP contribution in [0.1, 0.15) is 65.7 Å². The number of allylic oxidation sites excluding steroid dienone is 1. The summed E-state index contributed by atoms with van der Waals surface area (Å²) in [5, 5.41) is 0. The van der Waals surface area contributed by atoms with Crippen molar-refractivity contribution in [2.75, 3.05) is 19.5 Å². The Bertz CT molecular complexity index is 340. The van der Waals surface area contributed by atoms with Gasteiger partial charge in [-0.15, -0.1) is 0 Å². The SMILES string of the molecule is CCCCCCCC=C(NOP(=O)(OCC)SCCC)OC. The Morgan fingerprint density at radius 2 is 1.86 bits per heavy atom. The van der Waals surface area contributed by atoms with E-state index in [2.05, 4.69) is 12.4 Å². The Hall–Kier alpha value is -0.160. The van der Waals surface area contributed by atoms with E-state index >= 15 is 0 Å². The van der Waals surface area contributed by atoms with Crippen molar-refractivity contribution >= 4 is 18.2 Å². The molecule has 0 bridgehead atoms. The molecule has 0 rings (SSSR count). The molecule has 5 nitrogen and oxygen atoms in total. The molecule has 0 spiro atoms. The fourth-order valence-electron chi connectivity index (χ4n) is 1.70. The van der Waals surface area contributed by atoms with Crippen LogP contribution in [-0.2, 0) is 18.5 Å². The van der Waals surface area contributed by atoms with Crippen LogP contribution in [0.3, 0.4) is 0 Å². The van der Waals surface area contributed by atoms with E-state index in [1.165, 1.54) is 37.1 Å². The minimum atomic E-state index is -3.17. The van der Waals surface area contributed by atoms with Gasteiger partial charge in [0.2, 0.25) is 5.88 Å². The molecular formula is C15H32NO4PS. The third-order valence-corrected chi connectivity index (χ3v) is 6.69. The Labute approximate surface area is 139 Å². The molecular weight excluding hydrogens is 321 g/mol. The van der Waals surface area contributed by atoms with Crippen molar-refractivity contribution < 1.29 is 18.5 Å². The number of ether oxygens (including phenoxy) is 1. The maximum atomic E-state index is 12.4. The fraction of sp³-hybridized carbons (Fsp3) is 0.867. The number of hydrogen-bond acceptors (Lipinski definition) is 6. The van der Waals surface area contributed by atoms with E-state index in [0.717, 1.165) is 25.0 Å². The molecule has 0 radical (unpaired) electrons. The predicted molar refractivity (Wildman–Crippen MR) is 94.7 cm³/mol. The van der Waals surface area contributed by atoms with Gasteiger partial charge in [0.15, 0.2) is 0 Å². The van der Waals surface area contributed by atoms with Gasteiger partial charge in [0.05, 0.1) is 13.7 Å². The average Bonchev–Trinajstić information content (AvgIpc) is 2.52. The van der Waals surface area contributed by atoms with Crippen molar-refractivity contribution in [1.82, 2.24) is 5.48 Å². The summed E-state index contributed by atoms with van der Waals surface area (Å²) in [4.78, 5) is 0. The highest BCUT2D eigenvalue weighted by Crippen LogP contribution is 2.60. The zero-order valence-corrected chi connectivity index (χ0v) is 16.1. The van der Waals surface area contributed by atoms with E-state index in [1.807, 2.05) is 13.0 Å². The molecule has 0 fully saturated rings. The molecule has 132 valence electrons. The maximum absolute atomic E-state index is 12.4. The van der Waals surface area contributed by atoms with Gasteiger partial charge in [-0.25, -0.2) is 10.0 Å². The van der Waals surface area contributed by atoms with Gasteiger partial charge in [0, 0.05) is 5.75 Å². The minimum Gasteiger partial charge on any atom is -0.481 e. The quantitative estimate of drug-likeness (QED) is 0.178. The highest BCUT2D eigenvalue weighted by molar-refractivity contribution is 8.55. The van der Waals surface area contributed by atoms with E-state index in [4.69, 9.17) is 13.9 Å². The van der Waals surface area contributed by atoms with Crippen LogP contribution in [0, 0.1) is 0 Å². The summed E-state index contributed by atoms with van der Waals surface area (Å²) in [6, 6.07) is 0. The lowest BCUT2D eigenvalue weighted by molar-refractivity contribution is 0.115. The zero-order valence-electron chi connectivity index (χ0n) is 14.4. The van der Waals surface area contributed by atoms with Gasteiger partial charge in [0.1, 0.15) is 0 Å². The van der Waals surface area contributed by atoms with E-state index in [-0.39, 0.29) is 0 Å². The first-order valence-electron chi connectivity index (χ1n) is 8.19. The van der Waals surface area contributed by atoms with Crippen LogP contribution in [0.4, 0.5) is 0 Å². The van der Waals surface area contributed by atoms with Crippen molar-refractivity contribution in [3.63, 3.8) is 0 Å². The van der Waals surface area contributed by atoms with Crippen LogP contribution >= 0.6 is 18.2 Å². The highest BCUT2D eigenvalue weighted by Gasteiger charge is 2.25. The molecule has 0 heterocycles. The Kier molecular flexibility index (Phi) is 14.3. The molecule has 22 heavy (non-hydrogen) atoms. The molecule has 0 aliphatic carbocycles. The molecule has 0 amide bonds. The second kappa shape index (κ2) is 14.4. The molecule has 0 saturated heterocycles. The first-order chi connectivity index (χ1) is 10.6. The summed E-state index contributed by atoms with van der Waals surface area (Å²) >= 11 is 1.20. The molecule has 0 aromatic carbocycles. The van der Waals surface area contributed by atoms with Gasteiger partial charge < -0.3 is 4.74 Å². The summed E-state index contributed by atoms with van der Waals surface area (Å²) in [6.45, 7) is 3.20. The van der Waals surface area contributed by atoms with E-state index in [0.29, 0.717) is 12.5 Å². The third-order valence-electron chi connectivity index (χ3n) is 2.86. The number of unbranched alkanes of at least 4 members (excludes halogenated alkanes) is 5. The third kappa shape index (κ3) is 11.4. The average molecular weight is 353 g/mol. The molecule has 0 aromatic rings. The summed E-state index contributed by atoms with van der Waals surface area (Å²) in [5.41, 5.74) is 2.64. The number of rotatable bonds is 15. The van der Waals surface area contributed by atoms with Crippen LogP contribution in [-0.4, -0.2) is 19.5 Å². The monoisotopic (exact) mass is 353 g/mol. The van der Waals surface area contributed by atoms with Crippen LogP contribution < -0.4 is 5.48 Å². The highest BCUT2D eigenvalue weighted by atomic mass is 32.7. The second-order valence-corrected chi connectivity index (χ2v) is 8.98. The molecule has 1 N–H and O–H groups in total. The normalized spacial score (nSPS) is 14.6. The van der Waals surface area contributed by atoms with Gasteiger partial charge in [0.25, 0.3) is 0 Å². The molecule has 0 aliphatic rings. The predicted octanol–water partition coefficient (Wildman–Crippen LogP) is 5.64. The van der Waals surface area contributed by atoms with Crippen molar-refractivity contribution in [3.8, 4) is 0 Å². The molecule has 0 saturated carbocycles. The van der Waals surface area contributed by atoms with E-state index in [9.17, 15) is 4.57 Å². The maximum Gasteiger partial charge on any atom is 0.410 e. The lowest BCUT2D eigenvalue weighted by Crippen LogP contribution is -2.14. The summed E-state index contributed by atoms with van der Waals surface area (Å²) in [5.74, 6) is 1.20. The summed E-state index contributed by atoms with van der Waals surface area (Å²) < 4.78 is 28.1. The lowest BCUT2D eigenvalue weighted by atomic mass is 10.1. The number of nitrogens with one attached hydrogen (secondary N) is 1. The van der Waals surface area contributed by atoms with E-state index in [1.54, 1.807) is 14.0 Å². The van der Waals surface area contributed by atoms with E-state index < -0.39 is 6.80 Å². The molecule has 1 atom stereocenters. The van der Waals surface area contributed by atoms with Gasteiger partial charge in [-0.1, -0.05) is 39.5 Å². The number of hydrogen-bond donors (Lipinski definition) is 1. The minimum absolute atomic E-state index is 0.346. The van der Waals surface area contributed by atoms with Crippen molar-refractivity contribution in [2.45, 2.75) is 65.7 Å². The number of methoxy groups -OCH3 is 1. The smallest absolute Gasteiger partial charge is 0.410 e. The van der Waals surface area contributed by atoms with Crippen molar-refractivity contribution in [2.24, 2.45) is 0 Å². The molecule has 1 unspecified atom stereocenters. The Morgan fingerprint density at radius 1 is 1.14 bits per heavy atom. The standard InChI is InChI=1S/C15H32NO4PS/c1-5-8-9-10-11-12-13-15(18-4)16-20-21(17,19-7-3)22-14-6-2/h13,16H,5-12,14H2,1-4H3. The topological polar surface area (TPSA) is 56.8 Å². The van der Waals surface area contributed by atoms with Crippen LogP contribution in [0.2, 0.25) is 0 Å². The summed E-state index contributed by atoms with van der Waals surface area (Å²) in [6.07, 6.45) is 9.87. The van der Waals surface area contributed by atoms with Crippen molar-refractivity contribution in [1.29, 1.82) is 0 Å².